The van der Waals surface area contributed by atoms with Crippen LogP contribution >= 0.6 is 0 Å². The summed E-state index contributed by atoms with van der Waals surface area (Å²) in [4.78, 5) is 16.7. The maximum atomic E-state index is 12.4. The van der Waals surface area contributed by atoms with E-state index in [1.165, 1.54) is 0 Å². The fourth-order valence-corrected chi connectivity index (χ4v) is 2.97. The van der Waals surface area contributed by atoms with Gasteiger partial charge in [-0.1, -0.05) is 13.8 Å². The van der Waals surface area contributed by atoms with Crippen LogP contribution in [-0.4, -0.2) is 61.8 Å². The number of nitrogens with one attached hydrogen (secondary N) is 1. The van der Waals surface area contributed by atoms with Gasteiger partial charge in [0, 0.05) is 44.5 Å². The maximum Gasteiger partial charge on any atom is 0.321 e. The summed E-state index contributed by atoms with van der Waals surface area (Å²) in [6, 6.07) is 5.46. The van der Waals surface area contributed by atoms with Gasteiger partial charge in [0.05, 0.1) is 0 Å². The molecule has 3 rings (SSSR count). The second-order valence-electron chi connectivity index (χ2n) is 6.47. The van der Waals surface area contributed by atoms with E-state index in [0.29, 0.717) is 24.9 Å². The quantitative estimate of drug-likeness (QED) is 0.928. The first-order valence-electron chi connectivity index (χ1n) is 8.30. The summed E-state index contributed by atoms with van der Waals surface area (Å²) in [6.07, 6.45) is 0. The van der Waals surface area contributed by atoms with Crippen molar-refractivity contribution in [1.29, 1.82) is 0 Å². The number of hydrogen-bond acceptors (Lipinski definition) is 4. The number of amides is 2. The van der Waals surface area contributed by atoms with Crippen LogP contribution in [0, 0.1) is 5.92 Å². The van der Waals surface area contributed by atoms with Crippen LogP contribution in [0.2, 0.25) is 0 Å². The molecule has 6 heteroatoms. The Balaban J connectivity index is 1.53. The Kier molecular flexibility index (Phi) is 4.91. The van der Waals surface area contributed by atoms with Crippen LogP contribution in [0.5, 0.6) is 11.5 Å². The minimum Gasteiger partial charge on any atom is -0.486 e. The summed E-state index contributed by atoms with van der Waals surface area (Å²) >= 11 is 0. The highest BCUT2D eigenvalue weighted by Gasteiger charge is 2.22. The van der Waals surface area contributed by atoms with Gasteiger partial charge in [-0.3, -0.25) is 4.90 Å². The number of rotatable bonds is 3. The Labute approximate surface area is 137 Å². The average Bonchev–Trinajstić information content (AvgIpc) is 2.55. The molecular formula is C17H25N3O3. The molecule has 0 aromatic heterocycles. The Morgan fingerprint density at radius 2 is 1.83 bits per heavy atom. The molecule has 0 unspecified atom stereocenters. The summed E-state index contributed by atoms with van der Waals surface area (Å²) in [5.74, 6) is 2.08. The van der Waals surface area contributed by atoms with Crippen molar-refractivity contribution in [2.24, 2.45) is 5.92 Å². The molecule has 2 aliphatic heterocycles. The van der Waals surface area contributed by atoms with Gasteiger partial charge < -0.3 is 19.7 Å². The lowest BCUT2D eigenvalue weighted by molar-refractivity contribution is 0.138. The molecule has 2 heterocycles. The van der Waals surface area contributed by atoms with Gasteiger partial charge >= 0.3 is 6.03 Å². The zero-order chi connectivity index (χ0) is 16.2. The minimum absolute atomic E-state index is 0.0501. The molecule has 0 atom stereocenters. The number of fused-ring (bicyclic) bond motifs is 1. The zero-order valence-corrected chi connectivity index (χ0v) is 13.9. The number of ether oxygens (including phenoxy) is 2. The highest BCUT2D eigenvalue weighted by atomic mass is 16.6. The van der Waals surface area contributed by atoms with Crippen molar-refractivity contribution in [3.63, 3.8) is 0 Å². The van der Waals surface area contributed by atoms with Crippen molar-refractivity contribution in [2.45, 2.75) is 13.8 Å². The molecule has 2 aliphatic rings. The van der Waals surface area contributed by atoms with Crippen LogP contribution in [-0.2, 0) is 0 Å². The van der Waals surface area contributed by atoms with E-state index in [-0.39, 0.29) is 6.03 Å². The summed E-state index contributed by atoms with van der Waals surface area (Å²) in [6.45, 7) is 10.1. The summed E-state index contributed by atoms with van der Waals surface area (Å²) < 4.78 is 11.0. The van der Waals surface area contributed by atoms with Crippen molar-refractivity contribution in [1.82, 2.24) is 9.80 Å². The van der Waals surface area contributed by atoms with Gasteiger partial charge in [-0.2, -0.15) is 0 Å². The van der Waals surface area contributed by atoms with Crippen molar-refractivity contribution in [3.8, 4) is 11.5 Å². The number of urea groups is 1. The molecule has 23 heavy (non-hydrogen) atoms. The lowest BCUT2D eigenvalue weighted by Gasteiger charge is -2.35. The zero-order valence-electron chi connectivity index (χ0n) is 13.9. The topological polar surface area (TPSA) is 54.0 Å². The molecule has 1 saturated heterocycles. The van der Waals surface area contributed by atoms with E-state index in [0.717, 1.165) is 44.2 Å². The van der Waals surface area contributed by atoms with E-state index in [1.54, 1.807) is 0 Å². The molecule has 1 N–H and O–H groups in total. The monoisotopic (exact) mass is 319 g/mol. The highest BCUT2D eigenvalue weighted by molar-refractivity contribution is 5.89. The number of piperazine rings is 1. The predicted molar refractivity (Wildman–Crippen MR) is 89.3 cm³/mol. The molecule has 2 amide bonds. The van der Waals surface area contributed by atoms with Gasteiger partial charge in [0.1, 0.15) is 13.2 Å². The number of anilines is 1. The van der Waals surface area contributed by atoms with Gasteiger partial charge in [-0.25, -0.2) is 4.79 Å². The van der Waals surface area contributed by atoms with E-state index in [4.69, 9.17) is 9.47 Å². The largest absolute Gasteiger partial charge is 0.486 e. The second kappa shape index (κ2) is 7.08. The normalized spacial score (nSPS) is 18.1. The minimum atomic E-state index is -0.0501. The Bertz CT molecular complexity index is 554. The third-order valence-corrected chi connectivity index (χ3v) is 4.08. The molecule has 0 saturated carbocycles. The first-order chi connectivity index (χ1) is 11.1. The highest BCUT2D eigenvalue weighted by Crippen LogP contribution is 2.32. The Hall–Kier alpha value is -1.95. The first-order valence-corrected chi connectivity index (χ1v) is 8.30. The molecule has 0 bridgehead atoms. The molecule has 6 nitrogen and oxygen atoms in total. The third kappa shape index (κ3) is 4.07. The van der Waals surface area contributed by atoms with Crippen LogP contribution in [0.1, 0.15) is 13.8 Å². The van der Waals surface area contributed by atoms with Crippen molar-refractivity contribution >= 4 is 11.7 Å². The van der Waals surface area contributed by atoms with Crippen LogP contribution < -0.4 is 14.8 Å². The molecule has 1 fully saturated rings. The molecule has 126 valence electrons. The van der Waals surface area contributed by atoms with Crippen LogP contribution in [0.25, 0.3) is 0 Å². The lowest BCUT2D eigenvalue weighted by Crippen LogP contribution is -2.50. The van der Waals surface area contributed by atoms with Crippen molar-refractivity contribution in [3.05, 3.63) is 18.2 Å². The van der Waals surface area contributed by atoms with E-state index >= 15 is 0 Å². The van der Waals surface area contributed by atoms with Crippen LogP contribution in [0.4, 0.5) is 10.5 Å². The Morgan fingerprint density at radius 1 is 1.13 bits per heavy atom. The van der Waals surface area contributed by atoms with Gasteiger partial charge in [0.2, 0.25) is 0 Å². The van der Waals surface area contributed by atoms with Crippen molar-refractivity contribution < 1.29 is 14.3 Å². The van der Waals surface area contributed by atoms with Gasteiger partial charge in [-0.05, 0) is 18.1 Å². The van der Waals surface area contributed by atoms with E-state index in [2.05, 4.69) is 24.1 Å². The van der Waals surface area contributed by atoms with E-state index < -0.39 is 0 Å². The van der Waals surface area contributed by atoms with Crippen LogP contribution in [0.15, 0.2) is 18.2 Å². The lowest BCUT2D eigenvalue weighted by atomic mass is 10.2. The summed E-state index contributed by atoms with van der Waals surface area (Å²) in [7, 11) is 0. The number of benzene rings is 1. The standard InChI is InChI=1S/C17H25N3O3/c1-13(2)12-19-5-7-20(8-6-19)17(21)18-14-3-4-15-16(11-14)23-10-9-22-15/h3-4,11,13H,5-10,12H2,1-2H3,(H,18,21). The number of nitrogens with zero attached hydrogens (tertiary/aromatic N) is 2. The van der Waals surface area contributed by atoms with Crippen molar-refractivity contribution in [2.75, 3.05) is 51.3 Å². The molecular weight excluding hydrogens is 294 g/mol. The molecule has 0 aliphatic carbocycles. The predicted octanol–water partition coefficient (Wildman–Crippen LogP) is 2.26. The molecule has 0 spiro atoms. The van der Waals surface area contributed by atoms with E-state index in [9.17, 15) is 4.79 Å². The van der Waals surface area contributed by atoms with Crippen LogP contribution in [0.3, 0.4) is 0 Å². The Morgan fingerprint density at radius 3 is 2.52 bits per heavy atom. The number of carbonyl (C=O) groups is 1. The molecule has 1 aromatic carbocycles. The summed E-state index contributed by atoms with van der Waals surface area (Å²) in [5, 5.41) is 2.95. The third-order valence-electron chi connectivity index (χ3n) is 4.08. The van der Waals surface area contributed by atoms with Gasteiger partial charge in [-0.15, -0.1) is 0 Å². The van der Waals surface area contributed by atoms with Gasteiger partial charge in [0.25, 0.3) is 0 Å². The fraction of sp³-hybridized carbons (Fsp3) is 0.588. The molecule has 0 radical (unpaired) electrons. The van der Waals surface area contributed by atoms with Gasteiger partial charge in [0.15, 0.2) is 11.5 Å². The first kappa shape index (κ1) is 15.9. The fourth-order valence-electron chi connectivity index (χ4n) is 2.97. The van der Waals surface area contributed by atoms with E-state index in [1.807, 2.05) is 23.1 Å². The maximum absolute atomic E-state index is 12.4. The second-order valence-corrected chi connectivity index (χ2v) is 6.47. The number of carbonyl (C=O) groups excluding carboxylic acids is 1. The summed E-state index contributed by atoms with van der Waals surface area (Å²) in [5.41, 5.74) is 0.740. The average molecular weight is 319 g/mol. The molecule has 1 aromatic rings. The smallest absolute Gasteiger partial charge is 0.321 e. The SMILES string of the molecule is CC(C)CN1CCN(C(=O)Nc2ccc3c(c2)OCCO3)CC1. The number of hydrogen-bond donors (Lipinski definition) is 1.